The van der Waals surface area contributed by atoms with Gasteiger partial charge in [0.1, 0.15) is 5.03 Å². The van der Waals surface area contributed by atoms with Crippen LogP contribution in [-0.4, -0.2) is 51.5 Å². The number of nitrogens with zero attached hydrogens (tertiary/aromatic N) is 4. The molecule has 2 aromatic carbocycles. The summed E-state index contributed by atoms with van der Waals surface area (Å²) in [5.41, 5.74) is 4.22. The third-order valence-corrected chi connectivity index (χ3v) is 7.52. The van der Waals surface area contributed by atoms with Crippen molar-refractivity contribution in [3.05, 3.63) is 69.3 Å². The molecule has 3 aromatic rings. The third-order valence-electron chi connectivity index (χ3n) is 5.94. The molecule has 2 N–H and O–H groups in total. The number of anilines is 3. The predicted octanol–water partition coefficient (Wildman–Crippen LogP) is 4.59. The zero-order chi connectivity index (χ0) is 23.1. The number of nitrogens with one attached hydrogen (secondary N) is 1. The monoisotopic (exact) mass is 501 g/mol. The highest BCUT2D eigenvalue weighted by molar-refractivity contribution is 7.99. The molecule has 0 radical (unpaired) electrons. The molecule has 10 heteroatoms. The number of aromatic nitrogens is 2. The van der Waals surface area contributed by atoms with E-state index in [0.29, 0.717) is 38.1 Å². The molecule has 0 aliphatic carbocycles. The van der Waals surface area contributed by atoms with Gasteiger partial charge >= 0.3 is 0 Å². The molecule has 170 valence electrons. The van der Waals surface area contributed by atoms with Crippen LogP contribution in [-0.2, 0) is 13.0 Å². The zero-order valence-corrected chi connectivity index (χ0v) is 20.1. The fraction of sp³-hybridized carbons (Fsp3) is 0.261. The molecule has 0 spiro atoms. The minimum absolute atomic E-state index is 0.115. The lowest BCUT2D eigenvalue weighted by atomic mass is 9.94. The van der Waals surface area contributed by atoms with Crippen molar-refractivity contribution >= 4 is 58.2 Å². The van der Waals surface area contributed by atoms with E-state index in [1.807, 2.05) is 13.1 Å². The minimum Gasteiger partial charge on any atom is -0.395 e. The van der Waals surface area contributed by atoms with Crippen molar-refractivity contribution in [2.75, 3.05) is 29.7 Å². The van der Waals surface area contributed by atoms with Crippen molar-refractivity contribution in [1.29, 1.82) is 0 Å². The number of carbonyl (C=O) groups excluding carboxylic acids is 1. The maximum Gasteiger partial charge on any atom is 0.263 e. The number of likely N-dealkylation sites (N-methyl/N-ethyl adjacent to an activating group) is 1. The van der Waals surface area contributed by atoms with Gasteiger partial charge in [0.05, 0.1) is 33.8 Å². The smallest absolute Gasteiger partial charge is 0.263 e. The van der Waals surface area contributed by atoms with Crippen molar-refractivity contribution in [1.82, 2.24) is 14.9 Å². The number of aliphatic hydroxyl groups excluding tert-OH is 1. The van der Waals surface area contributed by atoms with E-state index in [-0.39, 0.29) is 18.6 Å². The zero-order valence-electron chi connectivity index (χ0n) is 17.8. The molecule has 5 rings (SSSR count). The van der Waals surface area contributed by atoms with Crippen LogP contribution in [0.2, 0.25) is 10.0 Å². The van der Waals surface area contributed by atoms with Crippen molar-refractivity contribution in [3.63, 3.8) is 0 Å². The van der Waals surface area contributed by atoms with Crippen LogP contribution in [0.3, 0.4) is 0 Å². The Labute approximate surface area is 205 Å². The fourth-order valence-electron chi connectivity index (χ4n) is 4.11. The molecule has 1 amide bonds. The van der Waals surface area contributed by atoms with Gasteiger partial charge in [0.15, 0.2) is 0 Å². The van der Waals surface area contributed by atoms with E-state index in [2.05, 4.69) is 32.3 Å². The maximum atomic E-state index is 13.1. The maximum absolute atomic E-state index is 13.1. The highest BCUT2D eigenvalue weighted by Gasteiger charge is 2.30. The lowest BCUT2D eigenvalue weighted by molar-refractivity contribution is 0.0985. The number of para-hydroxylation sites is 1. The molecule has 1 aromatic heterocycles. The van der Waals surface area contributed by atoms with Crippen LogP contribution < -0.4 is 10.2 Å². The molecule has 0 fully saturated rings. The summed E-state index contributed by atoms with van der Waals surface area (Å²) in [5.74, 6) is 0.531. The molecule has 0 saturated heterocycles. The average molecular weight is 502 g/mol. The van der Waals surface area contributed by atoms with Gasteiger partial charge < -0.3 is 10.4 Å². The van der Waals surface area contributed by atoms with Crippen molar-refractivity contribution in [3.8, 4) is 0 Å². The largest absolute Gasteiger partial charge is 0.395 e. The van der Waals surface area contributed by atoms with Crippen LogP contribution in [0, 0.1) is 0 Å². The van der Waals surface area contributed by atoms with Crippen LogP contribution in [0.15, 0.2) is 47.6 Å². The molecule has 2 aliphatic rings. The Morgan fingerprint density at radius 3 is 2.76 bits per heavy atom. The van der Waals surface area contributed by atoms with E-state index in [1.165, 1.54) is 29.1 Å². The van der Waals surface area contributed by atoms with Crippen molar-refractivity contribution in [2.24, 2.45) is 0 Å². The molecule has 33 heavy (non-hydrogen) atoms. The first-order chi connectivity index (χ1) is 15.9. The second-order valence-electron chi connectivity index (χ2n) is 8.05. The van der Waals surface area contributed by atoms with E-state index in [0.717, 1.165) is 18.7 Å². The van der Waals surface area contributed by atoms with Gasteiger partial charge in [-0.1, -0.05) is 47.1 Å². The Bertz CT molecular complexity index is 1220. The summed E-state index contributed by atoms with van der Waals surface area (Å²) >= 11 is 14.0. The summed E-state index contributed by atoms with van der Waals surface area (Å²) in [6.45, 7) is 0.935. The molecule has 1 atom stereocenters. The highest BCUT2D eigenvalue weighted by atomic mass is 35.5. The summed E-state index contributed by atoms with van der Waals surface area (Å²) in [6.07, 6.45) is 2.32. The number of hydrogen-bond acceptors (Lipinski definition) is 7. The highest BCUT2D eigenvalue weighted by Crippen LogP contribution is 2.39. The Balaban J connectivity index is 1.37. The molecule has 0 saturated carbocycles. The van der Waals surface area contributed by atoms with E-state index in [4.69, 9.17) is 23.2 Å². The van der Waals surface area contributed by atoms with Gasteiger partial charge in [-0.05, 0) is 48.9 Å². The Kier molecular flexibility index (Phi) is 6.20. The van der Waals surface area contributed by atoms with Gasteiger partial charge in [-0.25, -0.2) is 9.97 Å². The fourth-order valence-corrected chi connectivity index (χ4v) is 5.66. The number of amides is 1. The lowest BCUT2D eigenvalue weighted by Gasteiger charge is -2.33. The molecule has 1 unspecified atom stereocenters. The molecule has 3 heterocycles. The van der Waals surface area contributed by atoms with Crippen LogP contribution in [0.5, 0.6) is 0 Å². The number of benzene rings is 2. The molecule has 0 bridgehead atoms. The topological polar surface area (TPSA) is 81.6 Å². The standard InChI is InChI=1S/C23H21Cl2N5O2S/c1-29-10-13-5-6-15(7-14(13)8-16(29)11-31)27-23-26-9-17-21(28-23)33-12-30(22(17)32)20-18(24)3-2-4-19(20)25/h2-7,9,16,31H,8,10-12H2,1H3,(H,26,27,28). The number of hydrogen-bond donors (Lipinski definition) is 2. The van der Waals surface area contributed by atoms with Gasteiger partial charge in [-0.15, -0.1) is 0 Å². The predicted molar refractivity (Wildman–Crippen MR) is 132 cm³/mol. The van der Waals surface area contributed by atoms with E-state index in [9.17, 15) is 9.90 Å². The Morgan fingerprint density at radius 2 is 2.00 bits per heavy atom. The van der Waals surface area contributed by atoms with Crippen LogP contribution >= 0.6 is 35.0 Å². The lowest BCUT2D eigenvalue weighted by Crippen LogP contribution is -2.39. The van der Waals surface area contributed by atoms with Gasteiger partial charge in [0.2, 0.25) is 5.95 Å². The van der Waals surface area contributed by atoms with Crippen molar-refractivity contribution in [2.45, 2.75) is 24.0 Å². The molecule has 2 aliphatic heterocycles. The van der Waals surface area contributed by atoms with Crippen LogP contribution in [0.1, 0.15) is 21.5 Å². The Morgan fingerprint density at radius 1 is 1.21 bits per heavy atom. The molecular formula is C23H21Cl2N5O2S. The number of halogens is 2. The van der Waals surface area contributed by atoms with Crippen LogP contribution in [0.4, 0.5) is 17.3 Å². The van der Waals surface area contributed by atoms with Gasteiger partial charge in [0, 0.05) is 24.5 Å². The number of fused-ring (bicyclic) bond motifs is 2. The quantitative estimate of drug-likeness (QED) is 0.506. The second kappa shape index (κ2) is 9.12. The number of carbonyl (C=O) groups is 1. The van der Waals surface area contributed by atoms with E-state index < -0.39 is 0 Å². The Hall–Kier alpha value is -2.36. The van der Waals surface area contributed by atoms with Crippen LogP contribution in [0.25, 0.3) is 0 Å². The first kappa shape index (κ1) is 22.4. The van der Waals surface area contributed by atoms with Gasteiger partial charge in [-0.3, -0.25) is 14.6 Å². The summed E-state index contributed by atoms with van der Waals surface area (Å²) in [6, 6.07) is 11.4. The van der Waals surface area contributed by atoms with E-state index >= 15 is 0 Å². The molecule has 7 nitrogen and oxygen atoms in total. The molecular weight excluding hydrogens is 481 g/mol. The average Bonchev–Trinajstić information content (AvgIpc) is 2.80. The minimum atomic E-state index is -0.238. The summed E-state index contributed by atoms with van der Waals surface area (Å²) in [5, 5.41) is 14.3. The van der Waals surface area contributed by atoms with Gasteiger partial charge in [-0.2, -0.15) is 0 Å². The third kappa shape index (κ3) is 4.29. The first-order valence-electron chi connectivity index (χ1n) is 10.4. The summed E-state index contributed by atoms with van der Waals surface area (Å²) < 4.78 is 0. The second-order valence-corrected chi connectivity index (χ2v) is 9.80. The SMILES string of the molecule is CN1Cc2ccc(Nc3ncc4c(n3)SCN(c3c(Cl)cccc3Cl)C4=O)cc2CC1CO. The summed E-state index contributed by atoms with van der Waals surface area (Å²) in [4.78, 5) is 25.8. The van der Waals surface area contributed by atoms with Crippen molar-refractivity contribution < 1.29 is 9.90 Å². The number of aliphatic hydroxyl groups is 1. The normalized spacial score (nSPS) is 18.1. The number of rotatable bonds is 4. The van der Waals surface area contributed by atoms with Gasteiger partial charge in [0.25, 0.3) is 5.91 Å². The number of thioether (sulfide) groups is 1. The summed E-state index contributed by atoms with van der Waals surface area (Å²) in [7, 11) is 2.02. The van der Waals surface area contributed by atoms with E-state index in [1.54, 1.807) is 23.1 Å². The first-order valence-corrected chi connectivity index (χ1v) is 12.1.